The van der Waals surface area contributed by atoms with Gasteiger partial charge in [-0.25, -0.2) is 0 Å². The molecule has 1 aliphatic rings. The lowest BCUT2D eigenvalue weighted by molar-refractivity contribution is -0.131. The lowest BCUT2D eigenvalue weighted by atomic mass is 10.0. The van der Waals surface area contributed by atoms with Crippen LogP contribution in [0.1, 0.15) is 67.5 Å². The normalized spacial score (nSPS) is 16.4. The first-order valence-corrected chi connectivity index (χ1v) is 11.5. The van der Waals surface area contributed by atoms with Crippen molar-refractivity contribution in [3.05, 3.63) is 46.8 Å². The van der Waals surface area contributed by atoms with Gasteiger partial charge in [-0.05, 0) is 63.1 Å². The number of hydrogen-bond donors (Lipinski definition) is 0. The molecule has 0 radical (unpaired) electrons. The third-order valence-electron chi connectivity index (χ3n) is 6.28. The number of aryl methyl sites for hydroxylation is 3. The van der Waals surface area contributed by atoms with Gasteiger partial charge in [0.05, 0.1) is 12.3 Å². The van der Waals surface area contributed by atoms with E-state index in [0.29, 0.717) is 13.0 Å². The summed E-state index contributed by atoms with van der Waals surface area (Å²) >= 11 is 0. The number of carbonyl (C=O) groups is 1. The van der Waals surface area contributed by atoms with Crippen molar-refractivity contribution < 1.29 is 9.53 Å². The Hall–Kier alpha value is -2.30. The van der Waals surface area contributed by atoms with Crippen LogP contribution < -0.4 is 4.74 Å². The van der Waals surface area contributed by atoms with Crippen LogP contribution in [0.15, 0.2) is 24.3 Å². The minimum atomic E-state index is 0.255. The molecular formula is C25H37N3O2. The summed E-state index contributed by atoms with van der Waals surface area (Å²) in [5.74, 6) is 1.26. The van der Waals surface area contributed by atoms with Gasteiger partial charge in [0.2, 0.25) is 5.91 Å². The van der Waals surface area contributed by atoms with Crippen molar-refractivity contribution >= 4 is 5.91 Å². The number of ether oxygens (including phenoxy) is 1. The van der Waals surface area contributed by atoms with Crippen molar-refractivity contribution in [1.29, 1.82) is 0 Å². The highest BCUT2D eigenvalue weighted by atomic mass is 16.5. The van der Waals surface area contributed by atoms with Crippen LogP contribution in [0.5, 0.6) is 5.75 Å². The molecule has 5 heteroatoms. The van der Waals surface area contributed by atoms with Crippen LogP contribution in [0.25, 0.3) is 0 Å². The quantitative estimate of drug-likeness (QED) is 0.731. The van der Waals surface area contributed by atoms with Gasteiger partial charge < -0.3 is 9.64 Å². The highest BCUT2D eigenvalue weighted by molar-refractivity contribution is 5.76. The Kier molecular flexibility index (Phi) is 8.35. The zero-order chi connectivity index (χ0) is 21.3. The van der Waals surface area contributed by atoms with Crippen molar-refractivity contribution in [3.63, 3.8) is 0 Å². The summed E-state index contributed by atoms with van der Waals surface area (Å²) in [6, 6.07) is 8.39. The van der Waals surface area contributed by atoms with Crippen LogP contribution in [0.2, 0.25) is 0 Å². The topological polar surface area (TPSA) is 47.4 Å². The number of para-hydroxylation sites is 1. The summed E-state index contributed by atoms with van der Waals surface area (Å²) in [6.45, 7) is 6.40. The maximum atomic E-state index is 13.0. The first kappa shape index (κ1) is 22.4. The summed E-state index contributed by atoms with van der Waals surface area (Å²) < 4.78 is 7.98. The molecule has 1 aromatic heterocycles. The van der Waals surface area contributed by atoms with Crippen LogP contribution >= 0.6 is 0 Å². The van der Waals surface area contributed by atoms with E-state index in [4.69, 9.17) is 4.74 Å². The molecule has 0 unspecified atom stereocenters. The molecule has 30 heavy (non-hydrogen) atoms. The van der Waals surface area contributed by atoms with E-state index < -0.39 is 0 Å². The van der Waals surface area contributed by atoms with Crippen molar-refractivity contribution in [3.8, 4) is 5.75 Å². The average Bonchev–Trinajstić information content (AvgIpc) is 2.98. The van der Waals surface area contributed by atoms with Crippen LogP contribution in [0.3, 0.4) is 0 Å². The molecule has 164 valence electrons. The molecule has 0 bridgehead atoms. The van der Waals surface area contributed by atoms with E-state index in [1.165, 1.54) is 36.8 Å². The molecule has 0 atom stereocenters. The Balaban J connectivity index is 1.58. The van der Waals surface area contributed by atoms with E-state index in [2.05, 4.69) is 35.1 Å². The van der Waals surface area contributed by atoms with Gasteiger partial charge in [0.15, 0.2) is 0 Å². The summed E-state index contributed by atoms with van der Waals surface area (Å²) in [5.41, 5.74) is 4.72. The molecule has 0 fully saturated rings. The molecule has 1 amide bonds. The van der Waals surface area contributed by atoms with Crippen molar-refractivity contribution in [2.75, 3.05) is 19.7 Å². The molecule has 2 heterocycles. The standard InChI is InChI=1S/C25H37N3O2/c1-20-23(21(2)27(3)26-20)15-16-25(29)28-17-10-6-4-5-7-12-22-13-8-9-14-24(22)30-19-11-18-28/h8-9,13-14H,4-7,10-12,15-19H2,1-3H3. The maximum absolute atomic E-state index is 13.0. The van der Waals surface area contributed by atoms with Gasteiger partial charge in [-0.3, -0.25) is 9.48 Å². The molecule has 0 saturated heterocycles. The van der Waals surface area contributed by atoms with E-state index in [1.807, 2.05) is 24.7 Å². The highest BCUT2D eigenvalue weighted by Crippen LogP contribution is 2.22. The third kappa shape index (κ3) is 6.10. The number of hydrogen-bond acceptors (Lipinski definition) is 3. The van der Waals surface area contributed by atoms with Gasteiger partial charge >= 0.3 is 0 Å². The molecule has 5 nitrogen and oxygen atoms in total. The Morgan fingerprint density at radius 3 is 2.57 bits per heavy atom. The predicted molar refractivity (Wildman–Crippen MR) is 121 cm³/mol. The van der Waals surface area contributed by atoms with E-state index >= 15 is 0 Å². The smallest absolute Gasteiger partial charge is 0.222 e. The fourth-order valence-corrected chi connectivity index (χ4v) is 4.37. The Bertz CT molecular complexity index is 828. The molecule has 1 aromatic carbocycles. The van der Waals surface area contributed by atoms with Crippen molar-refractivity contribution in [1.82, 2.24) is 14.7 Å². The average molecular weight is 412 g/mol. The fraction of sp³-hybridized carbons (Fsp3) is 0.600. The molecule has 0 aliphatic carbocycles. The minimum Gasteiger partial charge on any atom is -0.493 e. The molecule has 0 saturated carbocycles. The number of carbonyl (C=O) groups excluding carboxylic acids is 1. The predicted octanol–water partition coefficient (Wildman–Crippen LogP) is 4.77. The molecular weight excluding hydrogens is 374 g/mol. The van der Waals surface area contributed by atoms with Crippen LogP contribution in [-0.4, -0.2) is 40.3 Å². The van der Waals surface area contributed by atoms with Crippen LogP contribution in [0.4, 0.5) is 0 Å². The Morgan fingerprint density at radius 2 is 1.77 bits per heavy atom. The summed E-state index contributed by atoms with van der Waals surface area (Å²) in [5, 5.41) is 4.48. The number of benzene rings is 1. The molecule has 0 spiro atoms. The van der Waals surface area contributed by atoms with E-state index in [0.717, 1.165) is 55.9 Å². The van der Waals surface area contributed by atoms with Crippen LogP contribution in [0, 0.1) is 13.8 Å². The Labute approximate surface area is 181 Å². The van der Waals surface area contributed by atoms with E-state index in [1.54, 1.807) is 0 Å². The summed E-state index contributed by atoms with van der Waals surface area (Å²) in [4.78, 5) is 15.1. The molecule has 1 aliphatic heterocycles. The SMILES string of the molecule is Cc1nn(C)c(C)c1CCC(=O)N1CCCCCCCc2ccccc2OCCC1. The second kappa shape index (κ2) is 11.2. The number of aromatic nitrogens is 2. The lowest BCUT2D eigenvalue weighted by Crippen LogP contribution is -2.34. The number of rotatable bonds is 3. The third-order valence-corrected chi connectivity index (χ3v) is 6.28. The summed E-state index contributed by atoms with van der Waals surface area (Å²) in [6.07, 6.45) is 9.24. The zero-order valence-corrected chi connectivity index (χ0v) is 19.0. The largest absolute Gasteiger partial charge is 0.493 e. The monoisotopic (exact) mass is 411 g/mol. The summed E-state index contributed by atoms with van der Waals surface area (Å²) in [7, 11) is 1.97. The van der Waals surface area contributed by atoms with E-state index in [9.17, 15) is 4.79 Å². The van der Waals surface area contributed by atoms with Gasteiger partial charge in [0, 0.05) is 32.3 Å². The van der Waals surface area contributed by atoms with Gasteiger partial charge in [-0.2, -0.15) is 5.10 Å². The molecule has 2 aromatic rings. The van der Waals surface area contributed by atoms with E-state index in [-0.39, 0.29) is 5.91 Å². The zero-order valence-electron chi connectivity index (χ0n) is 19.0. The maximum Gasteiger partial charge on any atom is 0.222 e. The molecule has 3 rings (SSSR count). The minimum absolute atomic E-state index is 0.255. The lowest BCUT2D eigenvalue weighted by Gasteiger charge is -2.23. The first-order valence-electron chi connectivity index (χ1n) is 11.5. The second-order valence-corrected chi connectivity index (χ2v) is 8.48. The second-order valence-electron chi connectivity index (χ2n) is 8.48. The Morgan fingerprint density at radius 1 is 1.03 bits per heavy atom. The number of amides is 1. The number of fused-ring (bicyclic) bond motifs is 1. The van der Waals surface area contributed by atoms with Gasteiger partial charge in [0.1, 0.15) is 5.75 Å². The fourth-order valence-electron chi connectivity index (χ4n) is 4.37. The van der Waals surface area contributed by atoms with Crippen molar-refractivity contribution in [2.24, 2.45) is 7.05 Å². The van der Waals surface area contributed by atoms with Crippen LogP contribution in [-0.2, 0) is 24.7 Å². The highest BCUT2D eigenvalue weighted by Gasteiger charge is 2.16. The van der Waals surface area contributed by atoms with Gasteiger partial charge in [-0.1, -0.05) is 37.5 Å². The van der Waals surface area contributed by atoms with Gasteiger partial charge in [0.25, 0.3) is 0 Å². The first-order chi connectivity index (χ1) is 14.6. The molecule has 0 N–H and O–H groups in total. The number of nitrogens with zero attached hydrogens (tertiary/aromatic N) is 3. The van der Waals surface area contributed by atoms with Crippen molar-refractivity contribution in [2.45, 2.75) is 71.6 Å². The van der Waals surface area contributed by atoms with Gasteiger partial charge in [-0.15, -0.1) is 0 Å².